The summed E-state index contributed by atoms with van der Waals surface area (Å²) < 4.78 is 13.1. The van der Waals surface area contributed by atoms with Crippen molar-refractivity contribution in [3.05, 3.63) is 59.9 Å². The number of methoxy groups -OCH3 is 1. The Morgan fingerprint density at radius 3 is 2.31 bits per heavy atom. The summed E-state index contributed by atoms with van der Waals surface area (Å²) in [7, 11) is 1.62. The standard InChI is InChI=1S/C23H26N4O4S/c1-5-27-22(16(3)31-20-12-10-19(30-4)11-13-20)25-26-23(27)32-14-21(29)24-18-8-6-17(7-9-18)15(2)28/h6-13,16H,5,14H2,1-4H3,(H,24,29). The molecule has 168 valence electrons. The highest BCUT2D eigenvalue weighted by atomic mass is 32.2. The molecule has 9 heteroatoms. The fourth-order valence-electron chi connectivity index (χ4n) is 3.03. The van der Waals surface area contributed by atoms with E-state index in [1.165, 1.54) is 18.7 Å². The molecule has 8 nitrogen and oxygen atoms in total. The van der Waals surface area contributed by atoms with Crippen LogP contribution in [0.5, 0.6) is 11.5 Å². The molecule has 1 aromatic heterocycles. The monoisotopic (exact) mass is 454 g/mol. The number of hydrogen-bond acceptors (Lipinski definition) is 7. The zero-order chi connectivity index (χ0) is 23.1. The summed E-state index contributed by atoms with van der Waals surface area (Å²) in [5.41, 5.74) is 1.24. The lowest BCUT2D eigenvalue weighted by molar-refractivity contribution is -0.113. The number of carbonyl (C=O) groups excluding carboxylic acids is 2. The van der Waals surface area contributed by atoms with Gasteiger partial charge < -0.3 is 19.4 Å². The Morgan fingerprint density at radius 1 is 1.06 bits per heavy atom. The average molecular weight is 455 g/mol. The molecule has 0 saturated carbocycles. The third-order valence-electron chi connectivity index (χ3n) is 4.71. The Morgan fingerprint density at radius 2 is 1.72 bits per heavy atom. The van der Waals surface area contributed by atoms with Gasteiger partial charge in [-0.25, -0.2) is 0 Å². The number of carbonyl (C=O) groups is 2. The second kappa shape index (κ2) is 10.8. The summed E-state index contributed by atoms with van der Waals surface area (Å²) in [5.74, 6) is 2.15. The van der Waals surface area contributed by atoms with Gasteiger partial charge in [0.25, 0.3) is 0 Å². The first-order valence-corrected chi connectivity index (χ1v) is 11.2. The molecule has 1 N–H and O–H groups in total. The third-order valence-corrected chi connectivity index (χ3v) is 5.67. The Hall–Kier alpha value is -3.33. The predicted molar refractivity (Wildman–Crippen MR) is 124 cm³/mol. The van der Waals surface area contributed by atoms with E-state index in [1.54, 1.807) is 31.4 Å². The van der Waals surface area contributed by atoms with Crippen molar-refractivity contribution >= 4 is 29.1 Å². The maximum atomic E-state index is 12.3. The summed E-state index contributed by atoms with van der Waals surface area (Å²) in [6.07, 6.45) is -0.321. The lowest BCUT2D eigenvalue weighted by atomic mass is 10.1. The van der Waals surface area contributed by atoms with Crippen molar-refractivity contribution in [2.75, 3.05) is 18.2 Å². The van der Waals surface area contributed by atoms with Crippen LogP contribution in [-0.2, 0) is 11.3 Å². The fraction of sp³-hybridized carbons (Fsp3) is 0.304. The van der Waals surface area contributed by atoms with E-state index in [0.717, 1.165) is 5.75 Å². The molecule has 0 radical (unpaired) electrons. The molecular weight excluding hydrogens is 428 g/mol. The maximum Gasteiger partial charge on any atom is 0.234 e. The number of nitrogens with one attached hydrogen (secondary N) is 1. The van der Waals surface area contributed by atoms with Gasteiger partial charge in [-0.1, -0.05) is 11.8 Å². The van der Waals surface area contributed by atoms with Crippen LogP contribution in [0.1, 0.15) is 43.1 Å². The minimum Gasteiger partial charge on any atom is -0.497 e. The highest BCUT2D eigenvalue weighted by Crippen LogP contribution is 2.26. The number of thioether (sulfide) groups is 1. The van der Waals surface area contributed by atoms with Crippen molar-refractivity contribution in [2.24, 2.45) is 0 Å². The second-order valence-electron chi connectivity index (χ2n) is 6.99. The van der Waals surface area contributed by atoms with Crippen LogP contribution in [0.3, 0.4) is 0 Å². The normalized spacial score (nSPS) is 11.6. The van der Waals surface area contributed by atoms with Gasteiger partial charge in [0.1, 0.15) is 11.5 Å². The second-order valence-corrected chi connectivity index (χ2v) is 7.93. The Labute approximate surface area is 191 Å². The number of ether oxygens (including phenoxy) is 2. The van der Waals surface area contributed by atoms with Gasteiger partial charge in [-0.15, -0.1) is 10.2 Å². The SMILES string of the molecule is CCn1c(SCC(=O)Nc2ccc(C(C)=O)cc2)nnc1C(C)Oc1ccc(OC)cc1. The minimum atomic E-state index is -0.321. The molecule has 1 unspecified atom stereocenters. The molecule has 1 amide bonds. The first kappa shape index (κ1) is 23.3. The van der Waals surface area contributed by atoms with Crippen LogP contribution in [0.15, 0.2) is 53.7 Å². The summed E-state index contributed by atoms with van der Waals surface area (Å²) in [6.45, 7) is 6.06. The summed E-state index contributed by atoms with van der Waals surface area (Å²) in [4.78, 5) is 23.7. The molecule has 3 rings (SSSR count). The first-order chi connectivity index (χ1) is 15.4. The van der Waals surface area contributed by atoms with E-state index >= 15 is 0 Å². The molecule has 2 aromatic carbocycles. The van der Waals surface area contributed by atoms with Crippen molar-refractivity contribution in [1.82, 2.24) is 14.8 Å². The number of amides is 1. The summed E-state index contributed by atoms with van der Waals surface area (Å²) in [6, 6.07) is 14.1. The molecule has 1 atom stereocenters. The van der Waals surface area contributed by atoms with Crippen LogP contribution >= 0.6 is 11.8 Å². The first-order valence-electron chi connectivity index (χ1n) is 10.2. The van der Waals surface area contributed by atoms with Gasteiger partial charge in [0.05, 0.1) is 12.9 Å². The van der Waals surface area contributed by atoms with Gasteiger partial charge in [-0.2, -0.15) is 0 Å². The number of hydrogen-bond donors (Lipinski definition) is 1. The van der Waals surface area contributed by atoms with Crippen molar-refractivity contribution in [1.29, 1.82) is 0 Å². The zero-order valence-electron chi connectivity index (χ0n) is 18.5. The number of nitrogens with zero attached hydrogens (tertiary/aromatic N) is 3. The molecule has 32 heavy (non-hydrogen) atoms. The van der Waals surface area contributed by atoms with Crippen LogP contribution in [0.25, 0.3) is 0 Å². The smallest absolute Gasteiger partial charge is 0.234 e. The van der Waals surface area contributed by atoms with Crippen molar-refractivity contribution in [3.63, 3.8) is 0 Å². The van der Waals surface area contributed by atoms with Crippen molar-refractivity contribution in [2.45, 2.75) is 38.6 Å². The van der Waals surface area contributed by atoms with Crippen LogP contribution in [0.2, 0.25) is 0 Å². The molecule has 0 aliphatic rings. The molecule has 0 aliphatic heterocycles. The van der Waals surface area contributed by atoms with Crippen LogP contribution in [0, 0.1) is 0 Å². The number of benzene rings is 2. The highest BCUT2D eigenvalue weighted by molar-refractivity contribution is 7.99. The third kappa shape index (κ3) is 5.88. The van der Waals surface area contributed by atoms with Crippen LogP contribution in [-0.4, -0.2) is 39.3 Å². The summed E-state index contributed by atoms with van der Waals surface area (Å²) >= 11 is 1.31. The van der Waals surface area contributed by atoms with Gasteiger partial charge in [0, 0.05) is 17.8 Å². The van der Waals surface area contributed by atoms with Gasteiger partial charge in [0.2, 0.25) is 5.91 Å². The largest absolute Gasteiger partial charge is 0.497 e. The molecule has 0 aliphatic carbocycles. The maximum absolute atomic E-state index is 12.3. The topological polar surface area (TPSA) is 95.3 Å². The Balaban J connectivity index is 1.59. The molecule has 0 bridgehead atoms. The van der Waals surface area contributed by atoms with E-state index in [1.807, 2.05) is 42.7 Å². The lowest BCUT2D eigenvalue weighted by Crippen LogP contribution is -2.15. The number of rotatable bonds is 10. The number of aromatic nitrogens is 3. The van der Waals surface area contributed by atoms with E-state index in [9.17, 15) is 9.59 Å². The molecule has 3 aromatic rings. The molecule has 0 saturated heterocycles. The number of Topliss-reactive ketones (excluding diaryl/α,β-unsaturated/α-hetero) is 1. The van der Waals surface area contributed by atoms with Gasteiger partial charge >= 0.3 is 0 Å². The quantitative estimate of drug-likeness (QED) is 0.359. The predicted octanol–water partition coefficient (Wildman–Crippen LogP) is 4.38. The highest BCUT2D eigenvalue weighted by Gasteiger charge is 2.19. The minimum absolute atomic E-state index is 0.0154. The fourth-order valence-corrected chi connectivity index (χ4v) is 3.84. The van der Waals surface area contributed by atoms with Crippen molar-refractivity contribution in [3.8, 4) is 11.5 Å². The number of ketones is 1. The Bertz CT molecular complexity index is 1060. The van der Waals surface area contributed by atoms with Gasteiger partial charge in [-0.3, -0.25) is 9.59 Å². The van der Waals surface area contributed by atoms with Gasteiger partial charge in [0.15, 0.2) is 22.9 Å². The zero-order valence-corrected chi connectivity index (χ0v) is 19.3. The lowest BCUT2D eigenvalue weighted by Gasteiger charge is -2.15. The average Bonchev–Trinajstić information content (AvgIpc) is 3.21. The van der Waals surface area contributed by atoms with E-state index in [0.29, 0.717) is 34.5 Å². The molecule has 0 spiro atoms. The van der Waals surface area contributed by atoms with Gasteiger partial charge in [-0.05, 0) is 69.3 Å². The summed E-state index contributed by atoms with van der Waals surface area (Å²) in [5, 5.41) is 12.0. The van der Waals surface area contributed by atoms with E-state index < -0.39 is 0 Å². The number of anilines is 1. The van der Waals surface area contributed by atoms with Crippen LogP contribution in [0.4, 0.5) is 5.69 Å². The van der Waals surface area contributed by atoms with E-state index in [2.05, 4.69) is 15.5 Å². The van der Waals surface area contributed by atoms with Crippen molar-refractivity contribution < 1.29 is 19.1 Å². The Kier molecular flexibility index (Phi) is 7.88. The molecular formula is C23H26N4O4S. The van der Waals surface area contributed by atoms with E-state index in [-0.39, 0.29) is 23.5 Å². The van der Waals surface area contributed by atoms with E-state index in [4.69, 9.17) is 9.47 Å². The van der Waals surface area contributed by atoms with Crippen LogP contribution < -0.4 is 14.8 Å². The molecule has 1 heterocycles. The molecule has 0 fully saturated rings.